The van der Waals surface area contributed by atoms with E-state index in [2.05, 4.69) is 6.92 Å². The molecule has 0 saturated heterocycles. The Kier molecular flexibility index (Phi) is 6.04. The smallest absolute Gasteiger partial charge is 0.0722 e. The molecule has 0 unspecified atom stereocenters. The summed E-state index contributed by atoms with van der Waals surface area (Å²) in [5.41, 5.74) is 14.2. The van der Waals surface area contributed by atoms with Crippen LogP contribution in [0.3, 0.4) is 0 Å². The molecule has 2 aliphatic carbocycles. The highest BCUT2D eigenvalue weighted by molar-refractivity contribution is 5.54. The van der Waals surface area contributed by atoms with Gasteiger partial charge in [-0.15, -0.1) is 0 Å². The quantitative estimate of drug-likeness (QED) is 0.735. The molecule has 0 bridgehead atoms. The molecule has 1 aromatic rings. The van der Waals surface area contributed by atoms with Gasteiger partial charge in [0.2, 0.25) is 0 Å². The molecular weight excluding hydrogens is 296 g/mol. The summed E-state index contributed by atoms with van der Waals surface area (Å²) in [6, 6.07) is 5.73. The van der Waals surface area contributed by atoms with Crippen molar-refractivity contribution >= 4 is 11.4 Å². The predicted molar refractivity (Wildman–Crippen MR) is 102 cm³/mol. The highest BCUT2D eigenvalue weighted by Crippen LogP contribution is 2.41. The van der Waals surface area contributed by atoms with Crippen molar-refractivity contribution in [1.82, 2.24) is 0 Å². The zero-order valence-corrected chi connectivity index (χ0v) is 15.2. The average Bonchev–Trinajstić information content (AvgIpc) is 2.60. The third-order valence-electron chi connectivity index (χ3n) is 6.38. The van der Waals surface area contributed by atoms with E-state index in [4.69, 9.17) is 16.2 Å². The first-order valence-corrected chi connectivity index (χ1v) is 9.90. The van der Waals surface area contributed by atoms with Gasteiger partial charge in [0.05, 0.1) is 12.7 Å². The van der Waals surface area contributed by atoms with E-state index in [1.807, 2.05) is 12.1 Å². The van der Waals surface area contributed by atoms with Crippen LogP contribution in [-0.2, 0) is 11.3 Å². The molecule has 2 saturated carbocycles. The fraction of sp³-hybridized carbons (Fsp3) is 0.714. The van der Waals surface area contributed by atoms with E-state index >= 15 is 0 Å². The van der Waals surface area contributed by atoms with Crippen LogP contribution in [-0.4, -0.2) is 6.10 Å². The molecule has 4 N–H and O–H groups in total. The summed E-state index contributed by atoms with van der Waals surface area (Å²) in [6.07, 6.45) is 12.8. The van der Waals surface area contributed by atoms with Gasteiger partial charge in [0.25, 0.3) is 0 Å². The van der Waals surface area contributed by atoms with Crippen LogP contribution >= 0.6 is 0 Å². The monoisotopic (exact) mass is 330 g/mol. The number of anilines is 2. The Hall–Kier alpha value is -1.22. The zero-order chi connectivity index (χ0) is 16.9. The molecule has 24 heavy (non-hydrogen) atoms. The summed E-state index contributed by atoms with van der Waals surface area (Å²) in [7, 11) is 0. The molecule has 3 rings (SSSR count). The summed E-state index contributed by atoms with van der Waals surface area (Å²) in [6.45, 7) is 2.98. The molecule has 3 heteroatoms. The van der Waals surface area contributed by atoms with Gasteiger partial charge in [-0.05, 0) is 80.0 Å². The van der Waals surface area contributed by atoms with Gasteiger partial charge >= 0.3 is 0 Å². The Morgan fingerprint density at radius 3 is 1.92 bits per heavy atom. The number of nitrogens with two attached hydrogens (primary N) is 2. The van der Waals surface area contributed by atoms with Crippen LogP contribution in [0.2, 0.25) is 0 Å². The molecule has 1 aromatic carbocycles. The normalized spacial score (nSPS) is 31.0. The van der Waals surface area contributed by atoms with Crippen LogP contribution in [0.5, 0.6) is 0 Å². The number of ether oxygens (including phenoxy) is 1. The van der Waals surface area contributed by atoms with Crippen LogP contribution in [0.1, 0.15) is 70.3 Å². The second-order valence-corrected chi connectivity index (χ2v) is 8.04. The lowest BCUT2D eigenvalue weighted by Gasteiger charge is -2.37. The van der Waals surface area contributed by atoms with Crippen molar-refractivity contribution in [3.05, 3.63) is 23.8 Å². The molecule has 0 heterocycles. The lowest BCUT2D eigenvalue weighted by atomic mass is 9.70. The number of hydrogen-bond donors (Lipinski definition) is 2. The van der Waals surface area contributed by atoms with Gasteiger partial charge in [-0.25, -0.2) is 0 Å². The minimum absolute atomic E-state index is 0.413. The number of nitrogen functional groups attached to an aromatic ring is 2. The number of benzene rings is 1. The first-order chi connectivity index (χ1) is 11.6. The van der Waals surface area contributed by atoms with Gasteiger partial charge in [-0.2, -0.15) is 0 Å². The van der Waals surface area contributed by atoms with Crippen molar-refractivity contribution in [3.8, 4) is 0 Å². The van der Waals surface area contributed by atoms with Crippen LogP contribution in [0.15, 0.2) is 18.2 Å². The van der Waals surface area contributed by atoms with Crippen molar-refractivity contribution < 1.29 is 4.74 Å². The van der Waals surface area contributed by atoms with Gasteiger partial charge < -0.3 is 16.2 Å². The Labute approximate surface area is 147 Å². The summed E-state index contributed by atoms with van der Waals surface area (Å²) < 4.78 is 6.14. The standard InChI is InChI=1S/C21H34N2O/c1-2-15-3-5-17(6-4-15)18-7-9-21(10-8-18)24-14-16-11-19(22)13-20(23)12-16/h11-13,15,17-18,21H,2-10,14,22-23H2,1H3. The molecule has 0 atom stereocenters. The van der Waals surface area contributed by atoms with Gasteiger partial charge in [0.1, 0.15) is 0 Å². The van der Waals surface area contributed by atoms with E-state index in [0.29, 0.717) is 12.7 Å². The Bertz CT molecular complexity index is 494. The van der Waals surface area contributed by atoms with Crippen LogP contribution in [0.25, 0.3) is 0 Å². The van der Waals surface area contributed by atoms with Crippen molar-refractivity contribution in [3.63, 3.8) is 0 Å². The largest absolute Gasteiger partial charge is 0.399 e. The molecule has 0 aromatic heterocycles. The van der Waals surface area contributed by atoms with Crippen LogP contribution in [0.4, 0.5) is 11.4 Å². The third-order valence-corrected chi connectivity index (χ3v) is 6.38. The molecule has 3 nitrogen and oxygen atoms in total. The highest BCUT2D eigenvalue weighted by Gasteiger charge is 2.30. The van der Waals surface area contributed by atoms with Gasteiger partial charge in [0.15, 0.2) is 0 Å². The second kappa shape index (κ2) is 8.24. The molecule has 0 radical (unpaired) electrons. The van der Waals surface area contributed by atoms with Gasteiger partial charge in [-0.1, -0.05) is 26.2 Å². The minimum Gasteiger partial charge on any atom is -0.399 e. The summed E-state index contributed by atoms with van der Waals surface area (Å²) in [5, 5.41) is 0. The fourth-order valence-corrected chi connectivity index (χ4v) is 4.84. The van der Waals surface area contributed by atoms with E-state index < -0.39 is 0 Å². The number of rotatable bonds is 5. The van der Waals surface area contributed by atoms with E-state index in [9.17, 15) is 0 Å². The van der Waals surface area contributed by atoms with Crippen molar-refractivity contribution in [2.45, 2.75) is 77.4 Å². The number of hydrogen-bond acceptors (Lipinski definition) is 3. The lowest BCUT2D eigenvalue weighted by molar-refractivity contribution is -0.00274. The van der Waals surface area contributed by atoms with Crippen molar-refractivity contribution in [1.29, 1.82) is 0 Å². The minimum atomic E-state index is 0.413. The maximum Gasteiger partial charge on any atom is 0.0722 e. The molecule has 2 aliphatic rings. The van der Waals surface area contributed by atoms with Gasteiger partial charge in [0, 0.05) is 11.4 Å². The van der Waals surface area contributed by atoms with Crippen molar-refractivity contribution in [2.24, 2.45) is 17.8 Å². The third kappa shape index (κ3) is 4.66. The predicted octanol–water partition coefficient (Wildman–Crippen LogP) is 5.14. The van der Waals surface area contributed by atoms with E-state index in [-0.39, 0.29) is 0 Å². The molecule has 0 aliphatic heterocycles. The topological polar surface area (TPSA) is 61.3 Å². The Balaban J connectivity index is 1.41. The van der Waals surface area contributed by atoms with E-state index in [0.717, 1.165) is 34.7 Å². The lowest BCUT2D eigenvalue weighted by Crippen LogP contribution is -2.28. The summed E-state index contributed by atoms with van der Waals surface area (Å²) in [5.74, 6) is 2.94. The first-order valence-electron chi connectivity index (χ1n) is 9.90. The molecule has 134 valence electrons. The van der Waals surface area contributed by atoms with E-state index in [1.54, 1.807) is 6.07 Å². The van der Waals surface area contributed by atoms with Gasteiger partial charge in [-0.3, -0.25) is 0 Å². The SMILES string of the molecule is CCC1CCC(C2CCC(OCc3cc(N)cc(N)c3)CC2)CC1. The Morgan fingerprint density at radius 2 is 1.38 bits per heavy atom. The molecule has 2 fully saturated rings. The van der Waals surface area contributed by atoms with E-state index in [1.165, 1.54) is 57.8 Å². The van der Waals surface area contributed by atoms with Crippen molar-refractivity contribution in [2.75, 3.05) is 11.5 Å². The highest BCUT2D eigenvalue weighted by atomic mass is 16.5. The Morgan fingerprint density at radius 1 is 0.833 bits per heavy atom. The molecular formula is C21H34N2O. The molecule has 0 spiro atoms. The second-order valence-electron chi connectivity index (χ2n) is 8.04. The van der Waals surface area contributed by atoms with Crippen LogP contribution < -0.4 is 11.5 Å². The summed E-state index contributed by atoms with van der Waals surface area (Å²) >= 11 is 0. The average molecular weight is 331 g/mol. The first kappa shape index (κ1) is 17.6. The maximum atomic E-state index is 6.14. The molecule has 0 amide bonds. The summed E-state index contributed by atoms with van der Waals surface area (Å²) in [4.78, 5) is 0. The van der Waals surface area contributed by atoms with Crippen LogP contribution in [0, 0.1) is 17.8 Å². The fourth-order valence-electron chi connectivity index (χ4n) is 4.84. The zero-order valence-electron chi connectivity index (χ0n) is 15.2. The maximum absolute atomic E-state index is 6.14.